The first kappa shape index (κ1) is 20.4. The van der Waals surface area contributed by atoms with Crippen LogP contribution in [0, 0.1) is 0 Å². The van der Waals surface area contributed by atoms with E-state index < -0.39 is 0 Å². The fourth-order valence-corrected chi connectivity index (χ4v) is 3.69. The standard InChI is InChI=1S/C21H24N4O2.HI/c22-21(24-18-10-14-27-19-8-4-3-7-17(18)19)23-11-13-25-12-9-15-5-1-2-6-16(15)20(25)26;/h1-8,18H,9-14H2,(H3,22,23,24);1H. The van der Waals surface area contributed by atoms with Crippen molar-refractivity contribution in [1.82, 2.24) is 10.2 Å². The molecule has 0 saturated heterocycles. The molecule has 0 aliphatic carbocycles. The van der Waals surface area contributed by atoms with Crippen molar-refractivity contribution in [2.45, 2.75) is 18.9 Å². The van der Waals surface area contributed by atoms with Gasteiger partial charge in [0.25, 0.3) is 5.91 Å². The molecule has 0 fully saturated rings. The number of carbonyl (C=O) groups excluding carboxylic acids is 1. The van der Waals surface area contributed by atoms with E-state index in [2.05, 4.69) is 10.3 Å². The first-order valence-corrected chi connectivity index (χ1v) is 9.38. The predicted octanol–water partition coefficient (Wildman–Crippen LogP) is 2.73. The molecule has 2 aromatic carbocycles. The number of para-hydroxylation sites is 1. The molecule has 2 aliphatic rings. The lowest BCUT2D eigenvalue weighted by atomic mass is 9.99. The summed E-state index contributed by atoms with van der Waals surface area (Å²) in [6.07, 6.45) is 1.73. The summed E-state index contributed by atoms with van der Waals surface area (Å²) < 4.78 is 5.67. The van der Waals surface area contributed by atoms with Gasteiger partial charge in [-0.1, -0.05) is 36.4 Å². The second-order valence-corrected chi connectivity index (χ2v) is 6.84. The summed E-state index contributed by atoms with van der Waals surface area (Å²) in [6.45, 7) is 2.44. The zero-order valence-electron chi connectivity index (χ0n) is 15.6. The number of hydrogen-bond acceptors (Lipinski definition) is 3. The van der Waals surface area contributed by atoms with E-state index >= 15 is 0 Å². The Kier molecular flexibility index (Phi) is 6.77. The molecule has 148 valence electrons. The summed E-state index contributed by atoms with van der Waals surface area (Å²) >= 11 is 0. The number of halogens is 1. The molecule has 2 heterocycles. The Morgan fingerprint density at radius 3 is 2.89 bits per heavy atom. The third-order valence-electron chi connectivity index (χ3n) is 5.12. The van der Waals surface area contributed by atoms with Gasteiger partial charge in [0.2, 0.25) is 0 Å². The molecule has 0 aromatic heterocycles. The highest BCUT2D eigenvalue weighted by Crippen LogP contribution is 2.31. The Morgan fingerprint density at radius 1 is 1.21 bits per heavy atom. The van der Waals surface area contributed by atoms with Gasteiger partial charge in [-0.3, -0.25) is 9.79 Å². The fourth-order valence-electron chi connectivity index (χ4n) is 3.69. The molecular weight excluding hydrogens is 467 g/mol. The van der Waals surface area contributed by atoms with Crippen LogP contribution in [0.2, 0.25) is 0 Å². The molecule has 0 spiro atoms. The number of hydrogen-bond donors (Lipinski definition) is 2. The van der Waals surface area contributed by atoms with E-state index in [-0.39, 0.29) is 35.9 Å². The van der Waals surface area contributed by atoms with Crippen molar-refractivity contribution in [1.29, 1.82) is 0 Å². The molecule has 1 atom stereocenters. The summed E-state index contributed by atoms with van der Waals surface area (Å²) in [6, 6.07) is 15.9. The molecule has 2 aromatic rings. The van der Waals surface area contributed by atoms with Gasteiger partial charge < -0.3 is 20.7 Å². The van der Waals surface area contributed by atoms with Crippen molar-refractivity contribution in [2.24, 2.45) is 10.7 Å². The number of carbonyl (C=O) groups is 1. The van der Waals surface area contributed by atoms with Crippen LogP contribution >= 0.6 is 24.0 Å². The minimum Gasteiger partial charge on any atom is -0.493 e. The zero-order chi connectivity index (χ0) is 18.6. The summed E-state index contributed by atoms with van der Waals surface area (Å²) in [7, 11) is 0. The van der Waals surface area contributed by atoms with Gasteiger partial charge in [-0.2, -0.15) is 0 Å². The average molecular weight is 492 g/mol. The summed E-state index contributed by atoms with van der Waals surface area (Å²) in [5, 5.41) is 3.28. The largest absolute Gasteiger partial charge is 0.493 e. The number of rotatable bonds is 4. The summed E-state index contributed by atoms with van der Waals surface area (Å²) in [5.41, 5.74) is 9.11. The normalized spacial score (nSPS) is 18.4. The molecular formula is C21H25IN4O2. The number of ether oxygens (including phenoxy) is 1. The molecule has 1 amide bonds. The Labute approximate surface area is 182 Å². The summed E-state index contributed by atoms with van der Waals surface area (Å²) in [5.74, 6) is 1.38. The maximum absolute atomic E-state index is 12.6. The quantitative estimate of drug-likeness (QED) is 0.391. The third-order valence-corrected chi connectivity index (χ3v) is 5.12. The fraction of sp³-hybridized carbons (Fsp3) is 0.333. The molecule has 6 nitrogen and oxygen atoms in total. The third kappa shape index (κ3) is 4.40. The lowest BCUT2D eigenvalue weighted by Gasteiger charge is -2.28. The second kappa shape index (κ2) is 9.27. The zero-order valence-corrected chi connectivity index (χ0v) is 18.0. The Hall–Kier alpha value is -2.29. The van der Waals surface area contributed by atoms with E-state index in [4.69, 9.17) is 10.5 Å². The van der Waals surface area contributed by atoms with Gasteiger partial charge in [-0.25, -0.2) is 0 Å². The number of fused-ring (bicyclic) bond motifs is 2. The second-order valence-electron chi connectivity index (χ2n) is 6.84. The van der Waals surface area contributed by atoms with E-state index in [1.807, 2.05) is 53.4 Å². The Morgan fingerprint density at radius 2 is 2.00 bits per heavy atom. The highest BCUT2D eigenvalue weighted by atomic mass is 127. The van der Waals surface area contributed by atoms with Gasteiger partial charge in [-0.05, 0) is 24.1 Å². The van der Waals surface area contributed by atoms with Crippen LogP contribution in [-0.2, 0) is 6.42 Å². The van der Waals surface area contributed by atoms with Crippen molar-refractivity contribution >= 4 is 35.8 Å². The summed E-state index contributed by atoms with van der Waals surface area (Å²) in [4.78, 5) is 18.8. The van der Waals surface area contributed by atoms with E-state index in [9.17, 15) is 4.79 Å². The van der Waals surface area contributed by atoms with Gasteiger partial charge in [0.05, 0.1) is 19.2 Å². The van der Waals surface area contributed by atoms with Crippen molar-refractivity contribution in [3.63, 3.8) is 0 Å². The van der Waals surface area contributed by atoms with E-state index in [0.717, 1.165) is 41.8 Å². The predicted molar refractivity (Wildman–Crippen MR) is 120 cm³/mol. The van der Waals surface area contributed by atoms with E-state index in [1.165, 1.54) is 0 Å². The van der Waals surface area contributed by atoms with Crippen LogP contribution in [0.25, 0.3) is 0 Å². The number of nitrogens with one attached hydrogen (secondary N) is 1. The van der Waals surface area contributed by atoms with E-state index in [1.54, 1.807) is 0 Å². The van der Waals surface area contributed by atoms with Gasteiger partial charge in [-0.15, -0.1) is 24.0 Å². The number of amides is 1. The maximum Gasteiger partial charge on any atom is 0.254 e. The number of aliphatic imine (C=N–C) groups is 1. The van der Waals surface area contributed by atoms with Gasteiger partial charge in [0.15, 0.2) is 5.96 Å². The van der Waals surface area contributed by atoms with Crippen LogP contribution in [0.4, 0.5) is 0 Å². The smallest absolute Gasteiger partial charge is 0.254 e. The minimum atomic E-state index is 0. The topological polar surface area (TPSA) is 80.0 Å². The van der Waals surface area contributed by atoms with Gasteiger partial charge >= 0.3 is 0 Å². The van der Waals surface area contributed by atoms with E-state index in [0.29, 0.717) is 25.7 Å². The van der Waals surface area contributed by atoms with Crippen molar-refractivity contribution in [3.8, 4) is 5.75 Å². The lowest BCUT2D eigenvalue weighted by Crippen LogP contribution is -2.40. The van der Waals surface area contributed by atoms with Crippen molar-refractivity contribution in [2.75, 3.05) is 26.2 Å². The molecule has 3 N–H and O–H groups in total. The minimum absolute atomic E-state index is 0. The molecule has 7 heteroatoms. The van der Waals surface area contributed by atoms with Crippen LogP contribution in [0.1, 0.15) is 33.9 Å². The van der Waals surface area contributed by atoms with Crippen LogP contribution in [-0.4, -0.2) is 43.0 Å². The van der Waals surface area contributed by atoms with Crippen LogP contribution in [0.3, 0.4) is 0 Å². The van der Waals surface area contributed by atoms with Crippen molar-refractivity contribution < 1.29 is 9.53 Å². The number of guanidine groups is 1. The first-order chi connectivity index (χ1) is 13.2. The van der Waals surface area contributed by atoms with Crippen molar-refractivity contribution in [3.05, 3.63) is 65.2 Å². The van der Waals surface area contributed by atoms with Gasteiger partial charge in [0, 0.05) is 30.6 Å². The molecule has 0 saturated carbocycles. The SMILES string of the molecule is I.NC(=NCCN1CCc2ccccc2C1=O)NC1CCOc2ccccc21. The van der Waals surface area contributed by atoms with Crippen LogP contribution < -0.4 is 15.8 Å². The number of benzene rings is 2. The maximum atomic E-state index is 12.6. The van der Waals surface area contributed by atoms with Crippen LogP contribution in [0.15, 0.2) is 53.5 Å². The Balaban J connectivity index is 0.00000225. The Bertz CT molecular complexity index is 871. The lowest BCUT2D eigenvalue weighted by molar-refractivity contribution is 0.0745. The highest BCUT2D eigenvalue weighted by Gasteiger charge is 2.23. The molecule has 28 heavy (non-hydrogen) atoms. The van der Waals surface area contributed by atoms with Gasteiger partial charge in [0.1, 0.15) is 5.75 Å². The average Bonchev–Trinajstić information content (AvgIpc) is 2.70. The molecule has 2 aliphatic heterocycles. The monoisotopic (exact) mass is 492 g/mol. The van der Waals surface area contributed by atoms with Crippen LogP contribution in [0.5, 0.6) is 5.75 Å². The molecule has 4 rings (SSSR count). The molecule has 0 bridgehead atoms. The molecule has 0 radical (unpaired) electrons. The first-order valence-electron chi connectivity index (χ1n) is 9.38. The molecule has 1 unspecified atom stereocenters. The highest BCUT2D eigenvalue weighted by molar-refractivity contribution is 14.0. The number of nitrogens with zero attached hydrogens (tertiary/aromatic N) is 2. The number of nitrogens with two attached hydrogens (primary N) is 1.